The van der Waals surface area contributed by atoms with Crippen LogP contribution in [0.25, 0.3) is 11.2 Å². The van der Waals surface area contributed by atoms with E-state index in [2.05, 4.69) is 19.9 Å². The molecule has 0 unspecified atom stereocenters. The van der Waals surface area contributed by atoms with Gasteiger partial charge in [-0.1, -0.05) is 6.07 Å². The molecule has 5 heterocycles. The van der Waals surface area contributed by atoms with Gasteiger partial charge in [-0.15, -0.1) is 0 Å². The molecule has 2 aliphatic rings. The van der Waals surface area contributed by atoms with E-state index in [1.807, 2.05) is 40.1 Å². The van der Waals surface area contributed by atoms with Crippen LogP contribution in [0.2, 0.25) is 0 Å². The number of imidazole rings is 1. The Morgan fingerprint density at radius 1 is 0.906 bits per heavy atom. The van der Waals surface area contributed by atoms with Crippen molar-refractivity contribution in [1.29, 1.82) is 0 Å². The second kappa shape index (κ2) is 9.06. The maximum atomic E-state index is 13.1. The number of aromatic amines is 1. The highest BCUT2D eigenvalue weighted by Gasteiger charge is 2.33. The van der Waals surface area contributed by atoms with Crippen molar-refractivity contribution in [2.24, 2.45) is 5.92 Å². The second-order valence-electron chi connectivity index (χ2n) is 8.75. The quantitative estimate of drug-likeness (QED) is 0.684. The van der Waals surface area contributed by atoms with Crippen LogP contribution in [0.3, 0.4) is 0 Å². The van der Waals surface area contributed by atoms with Crippen molar-refractivity contribution in [3.8, 4) is 0 Å². The number of carbonyl (C=O) groups excluding carboxylic acids is 2. The first-order valence-corrected chi connectivity index (χ1v) is 11.4. The van der Waals surface area contributed by atoms with Crippen LogP contribution >= 0.6 is 0 Å². The minimum Gasteiger partial charge on any atom is -0.342 e. The molecule has 32 heavy (non-hydrogen) atoms. The van der Waals surface area contributed by atoms with Crippen molar-refractivity contribution < 1.29 is 9.59 Å². The first-order chi connectivity index (χ1) is 15.7. The lowest BCUT2D eigenvalue weighted by molar-refractivity contribution is -0.141. The molecule has 0 spiro atoms. The molecule has 0 radical (unpaired) electrons. The summed E-state index contributed by atoms with van der Waals surface area (Å²) < 4.78 is 0. The summed E-state index contributed by atoms with van der Waals surface area (Å²) in [4.78, 5) is 46.1. The number of rotatable bonds is 4. The van der Waals surface area contributed by atoms with E-state index in [0.717, 1.165) is 61.5 Å². The Labute approximate surface area is 187 Å². The molecule has 2 fully saturated rings. The number of likely N-dealkylation sites (tertiary alicyclic amines) is 2. The van der Waals surface area contributed by atoms with Crippen molar-refractivity contribution in [1.82, 2.24) is 29.7 Å². The summed E-state index contributed by atoms with van der Waals surface area (Å²) in [6.45, 7) is 2.80. The number of nitrogens with one attached hydrogen (secondary N) is 1. The van der Waals surface area contributed by atoms with Crippen LogP contribution in [0.4, 0.5) is 0 Å². The number of hydrogen-bond acceptors (Lipinski definition) is 5. The first-order valence-electron chi connectivity index (χ1n) is 11.4. The third-order valence-electron chi connectivity index (χ3n) is 6.72. The molecule has 2 aliphatic heterocycles. The van der Waals surface area contributed by atoms with Crippen LogP contribution in [0.15, 0.2) is 42.7 Å². The number of amides is 2. The van der Waals surface area contributed by atoms with E-state index in [0.29, 0.717) is 25.4 Å². The molecule has 5 rings (SSSR count). The van der Waals surface area contributed by atoms with Crippen molar-refractivity contribution in [2.75, 3.05) is 26.2 Å². The summed E-state index contributed by atoms with van der Waals surface area (Å²) in [5.41, 5.74) is 2.51. The third kappa shape index (κ3) is 4.35. The fourth-order valence-corrected chi connectivity index (χ4v) is 4.83. The van der Waals surface area contributed by atoms with Crippen LogP contribution < -0.4 is 0 Å². The molecule has 1 N–H and O–H groups in total. The third-order valence-corrected chi connectivity index (χ3v) is 6.72. The Balaban J connectivity index is 1.11. The molecular formula is C24H28N6O2. The maximum absolute atomic E-state index is 13.1. The van der Waals surface area contributed by atoms with E-state index in [1.54, 1.807) is 12.4 Å². The molecule has 0 aliphatic carbocycles. The SMILES string of the molecule is O=C(Cc1ccccn1)N1CCC(C(=O)N2CCC(c3nc4ncccc4[nH]3)CC2)CC1. The lowest BCUT2D eigenvalue weighted by Crippen LogP contribution is -2.46. The zero-order chi connectivity index (χ0) is 21.9. The summed E-state index contributed by atoms with van der Waals surface area (Å²) in [5.74, 6) is 1.66. The zero-order valence-corrected chi connectivity index (χ0v) is 18.1. The van der Waals surface area contributed by atoms with Gasteiger partial charge in [0.2, 0.25) is 11.8 Å². The van der Waals surface area contributed by atoms with Crippen molar-refractivity contribution in [3.63, 3.8) is 0 Å². The largest absolute Gasteiger partial charge is 0.342 e. The predicted octanol–water partition coefficient (Wildman–Crippen LogP) is 2.54. The average molecular weight is 433 g/mol. The molecule has 2 amide bonds. The standard InChI is InChI=1S/C24H28N6O2/c31-21(16-19-4-1-2-10-25-19)29-12-8-18(9-13-29)24(32)30-14-6-17(7-15-30)22-27-20-5-3-11-26-23(20)28-22/h1-5,10-11,17-18H,6-9,12-16H2,(H,26,27,28). The molecule has 2 saturated heterocycles. The van der Waals surface area contributed by atoms with Gasteiger partial charge in [0.1, 0.15) is 5.82 Å². The van der Waals surface area contributed by atoms with Crippen LogP contribution in [-0.2, 0) is 16.0 Å². The number of fused-ring (bicyclic) bond motifs is 1. The summed E-state index contributed by atoms with van der Waals surface area (Å²) in [5, 5.41) is 0. The number of aromatic nitrogens is 4. The highest BCUT2D eigenvalue weighted by atomic mass is 16.2. The van der Waals surface area contributed by atoms with E-state index in [4.69, 9.17) is 0 Å². The summed E-state index contributed by atoms with van der Waals surface area (Å²) in [7, 11) is 0. The minimum absolute atomic E-state index is 0.0147. The van der Waals surface area contributed by atoms with E-state index in [1.165, 1.54) is 0 Å². The van der Waals surface area contributed by atoms with E-state index in [9.17, 15) is 9.59 Å². The van der Waals surface area contributed by atoms with Gasteiger partial charge in [-0.2, -0.15) is 0 Å². The Morgan fingerprint density at radius 3 is 2.38 bits per heavy atom. The number of hydrogen-bond donors (Lipinski definition) is 1. The van der Waals surface area contributed by atoms with Gasteiger partial charge < -0.3 is 14.8 Å². The van der Waals surface area contributed by atoms with Gasteiger partial charge in [0.05, 0.1) is 11.9 Å². The number of carbonyl (C=O) groups is 2. The minimum atomic E-state index is 0.0147. The van der Waals surface area contributed by atoms with Crippen LogP contribution in [0, 0.1) is 5.92 Å². The molecule has 0 atom stereocenters. The average Bonchev–Trinajstić information content (AvgIpc) is 3.29. The molecule has 8 heteroatoms. The number of pyridine rings is 2. The maximum Gasteiger partial charge on any atom is 0.228 e. The second-order valence-corrected chi connectivity index (χ2v) is 8.75. The molecule has 8 nitrogen and oxygen atoms in total. The fraction of sp³-hybridized carbons (Fsp3) is 0.458. The normalized spacial score (nSPS) is 18.2. The lowest BCUT2D eigenvalue weighted by atomic mass is 9.91. The fourth-order valence-electron chi connectivity index (χ4n) is 4.83. The first kappa shape index (κ1) is 20.6. The van der Waals surface area contributed by atoms with Crippen molar-refractivity contribution in [2.45, 2.75) is 38.0 Å². The molecule has 3 aromatic heterocycles. The molecule has 3 aromatic rings. The molecule has 166 valence electrons. The number of nitrogens with zero attached hydrogens (tertiary/aromatic N) is 5. The van der Waals surface area contributed by atoms with Gasteiger partial charge in [0.15, 0.2) is 5.65 Å². The van der Waals surface area contributed by atoms with E-state index in [-0.39, 0.29) is 17.7 Å². The topological polar surface area (TPSA) is 95.1 Å². The Bertz CT molecular complexity index is 1050. The van der Waals surface area contributed by atoms with Crippen LogP contribution in [0.5, 0.6) is 0 Å². The number of H-pyrrole nitrogens is 1. The number of piperidine rings is 2. The van der Waals surface area contributed by atoms with Crippen molar-refractivity contribution in [3.05, 3.63) is 54.2 Å². The molecule has 0 aromatic carbocycles. The summed E-state index contributed by atoms with van der Waals surface area (Å²) in [6.07, 6.45) is 7.08. The Kier molecular flexibility index (Phi) is 5.83. The van der Waals surface area contributed by atoms with Crippen LogP contribution in [0.1, 0.15) is 43.1 Å². The van der Waals surface area contributed by atoms with Gasteiger partial charge in [0.25, 0.3) is 0 Å². The monoisotopic (exact) mass is 432 g/mol. The van der Waals surface area contributed by atoms with Gasteiger partial charge >= 0.3 is 0 Å². The predicted molar refractivity (Wildman–Crippen MR) is 120 cm³/mol. The lowest BCUT2D eigenvalue weighted by Gasteiger charge is -2.37. The molecular weight excluding hydrogens is 404 g/mol. The highest BCUT2D eigenvalue weighted by molar-refractivity contribution is 5.81. The van der Waals surface area contributed by atoms with E-state index >= 15 is 0 Å². The zero-order valence-electron chi connectivity index (χ0n) is 18.1. The van der Waals surface area contributed by atoms with Gasteiger partial charge in [-0.05, 0) is 49.9 Å². The molecule has 0 saturated carbocycles. The van der Waals surface area contributed by atoms with Gasteiger partial charge in [-0.25, -0.2) is 9.97 Å². The Hall–Kier alpha value is -3.29. The summed E-state index contributed by atoms with van der Waals surface area (Å²) in [6, 6.07) is 9.52. The smallest absolute Gasteiger partial charge is 0.228 e. The summed E-state index contributed by atoms with van der Waals surface area (Å²) >= 11 is 0. The van der Waals surface area contributed by atoms with Gasteiger partial charge in [0, 0.05) is 56.1 Å². The Morgan fingerprint density at radius 2 is 1.66 bits per heavy atom. The van der Waals surface area contributed by atoms with Crippen LogP contribution in [-0.4, -0.2) is 67.7 Å². The van der Waals surface area contributed by atoms with E-state index < -0.39 is 0 Å². The van der Waals surface area contributed by atoms with Gasteiger partial charge in [-0.3, -0.25) is 14.6 Å². The highest BCUT2D eigenvalue weighted by Crippen LogP contribution is 2.29. The molecule has 0 bridgehead atoms. The van der Waals surface area contributed by atoms with Crippen molar-refractivity contribution >= 4 is 23.0 Å².